The number of carbonyl (C=O) groups is 1. The lowest BCUT2D eigenvalue weighted by atomic mass is 9.80. The van der Waals surface area contributed by atoms with Gasteiger partial charge in [0.05, 0.1) is 25.9 Å². The fraction of sp³-hybridized carbons (Fsp3) is 0.417. The number of rotatable bonds is 20. The van der Waals surface area contributed by atoms with E-state index in [-0.39, 0.29) is 27.5 Å². The highest BCUT2D eigenvalue weighted by Crippen LogP contribution is 2.49. The molecule has 0 atom stereocenters. The number of hydrogen-bond acceptors (Lipinski definition) is 10. The Hall–Kier alpha value is -4.80. The lowest BCUT2D eigenvalue weighted by Gasteiger charge is -2.28. The first-order valence-electron chi connectivity index (χ1n) is 22.3. The third-order valence-corrected chi connectivity index (χ3v) is 16.4. The van der Waals surface area contributed by atoms with E-state index in [1.54, 1.807) is 24.3 Å². The summed E-state index contributed by atoms with van der Waals surface area (Å²) in [6.45, 7) is 8.66. The van der Waals surface area contributed by atoms with E-state index in [1.807, 2.05) is 50.8 Å². The van der Waals surface area contributed by atoms with Crippen molar-refractivity contribution >= 4 is 63.5 Å². The SMILES string of the molecule is CC1(C)C(/C=C/C2=C(CCc3ccc(S(=O)(=O)O)cc3)C(=C/C=C3/N(CCCCS(=O)(=O)O)c4ccc(S(=O)(=O)O)cc4C3(C)C)/CCC2)=[N+](CCCCCC(=O)O)c2ccc(S(=O)(=O)O)cc21. The van der Waals surface area contributed by atoms with Crippen molar-refractivity contribution in [1.29, 1.82) is 0 Å². The third kappa shape index (κ3) is 12.3. The Balaban J connectivity index is 1.46. The molecule has 0 radical (unpaired) electrons. The molecule has 2 aliphatic heterocycles. The zero-order chi connectivity index (χ0) is 50.0. The third-order valence-electron chi connectivity index (χ3n) is 13.1. The van der Waals surface area contributed by atoms with Crippen LogP contribution < -0.4 is 4.90 Å². The van der Waals surface area contributed by atoms with Gasteiger partial charge in [0.1, 0.15) is 6.54 Å². The van der Waals surface area contributed by atoms with Gasteiger partial charge in [-0.25, -0.2) is 0 Å². The van der Waals surface area contributed by atoms with Crippen LogP contribution in [0.3, 0.4) is 0 Å². The summed E-state index contributed by atoms with van der Waals surface area (Å²) in [5.74, 6) is -1.30. The van der Waals surface area contributed by atoms with E-state index in [9.17, 15) is 61.8 Å². The van der Waals surface area contributed by atoms with E-state index >= 15 is 0 Å². The van der Waals surface area contributed by atoms with E-state index in [2.05, 4.69) is 10.7 Å². The number of aliphatic carboxylic acids is 1. The molecule has 16 nitrogen and oxygen atoms in total. The summed E-state index contributed by atoms with van der Waals surface area (Å²) in [4.78, 5) is 12.5. The van der Waals surface area contributed by atoms with Gasteiger partial charge < -0.3 is 10.0 Å². The van der Waals surface area contributed by atoms with Crippen molar-refractivity contribution in [1.82, 2.24) is 0 Å². The molecule has 1 aliphatic carbocycles. The number of anilines is 1. The topological polar surface area (TPSA) is 261 Å². The zero-order valence-electron chi connectivity index (χ0n) is 38.4. The van der Waals surface area contributed by atoms with Crippen LogP contribution in [0.1, 0.15) is 109 Å². The van der Waals surface area contributed by atoms with Crippen LogP contribution in [0.25, 0.3) is 0 Å². The van der Waals surface area contributed by atoms with Gasteiger partial charge in [0.25, 0.3) is 40.5 Å². The Morgan fingerprint density at radius 2 is 1.29 bits per heavy atom. The fourth-order valence-electron chi connectivity index (χ4n) is 9.51. The smallest absolute Gasteiger partial charge is 0.303 e. The monoisotopic (exact) mass is 1020 g/mol. The molecule has 0 saturated heterocycles. The largest absolute Gasteiger partial charge is 0.481 e. The molecular weight excluding hydrogens is 957 g/mol. The first kappa shape index (κ1) is 52.6. The quantitative estimate of drug-likeness (QED) is 0.0404. The van der Waals surface area contributed by atoms with Crippen LogP contribution in [0.4, 0.5) is 11.4 Å². The maximum Gasteiger partial charge on any atom is 0.303 e. The first-order valence-corrected chi connectivity index (χ1v) is 28.2. The van der Waals surface area contributed by atoms with Gasteiger partial charge in [-0.05, 0) is 148 Å². The van der Waals surface area contributed by atoms with Gasteiger partial charge in [0, 0.05) is 53.9 Å². The van der Waals surface area contributed by atoms with E-state index in [4.69, 9.17) is 0 Å². The van der Waals surface area contributed by atoms with Crippen LogP contribution in [-0.4, -0.2) is 92.1 Å². The first-order chi connectivity index (χ1) is 31.6. The molecule has 3 aromatic rings. The number of benzene rings is 3. The minimum Gasteiger partial charge on any atom is -0.481 e. The summed E-state index contributed by atoms with van der Waals surface area (Å²) in [5.41, 5.74) is 6.77. The molecule has 368 valence electrons. The highest BCUT2D eigenvalue weighted by atomic mass is 32.2. The molecule has 68 heavy (non-hydrogen) atoms. The molecule has 20 heteroatoms. The van der Waals surface area contributed by atoms with E-state index < -0.39 is 63.0 Å². The Morgan fingerprint density at radius 3 is 1.91 bits per heavy atom. The zero-order valence-corrected chi connectivity index (χ0v) is 41.7. The second-order valence-electron chi connectivity index (χ2n) is 18.5. The second kappa shape index (κ2) is 20.3. The summed E-state index contributed by atoms with van der Waals surface area (Å²) in [5, 5.41) is 9.20. The van der Waals surface area contributed by atoms with Crippen LogP contribution in [-0.2, 0) is 62.5 Å². The second-order valence-corrected chi connectivity index (χ2v) is 24.3. The molecule has 0 amide bonds. The van der Waals surface area contributed by atoms with Gasteiger partial charge in [-0.15, -0.1) is 0 Å². The van der Waals surface area contributed by atoms with Crippen LogP contribution in [0, 0.1) is 0 Å². The Morgan fingerprint density at radius 1 is 0.676 bits per heavy atom. The highest BCUT2D eigenvalue weighted by Gasteiger charge is 2.45. The number of nitrogens with zero attached hydrogens (tertiary/aromatic N) is 2. The predicted octanol–water partition coefficient (Wildman–Crippen LogP) is 8.39. The van der Waals surface area contributed by atoms with Crippen molar-refractivity contribution in [2.45, 2.75) is 124 Å². The van der Waals surface area contributed by atoms with Gasteiger partial charge in [0.2, 0.25) is 5.69 Å². The molecular formula is C48H59N2O14S4+. The number of aryl methyl sites for hydroxylation is 1. The number of hydrogen-bond donors (Lipinski definition) is 5. The minimum atomic E-state index is -4.54. The summed E-state index contributed by atoms with van der Waals surface area (Å²) in [6, 6.07) is 14.9. The number of carboxylic acids is 1. The predicted molar refractivity (Wildman–Crippen MR) is 258 cm³/mol. The van der Waals surface area contributed by atoms with Gasteiger partial charge in [0.15, 0.2) is 5.71 Å². The molecule has 0 fully saturated rings. The summed E-state index contributed by atoms with van der Waals surface area (Å²) in [6.07, 6.45) is 13.6. The average Bonchev–Trinajstić information content (AvgIpc) is 3.58. The number of carboxylic acid groups (broad SMARTS) is 1. The number of allylic oxidation sites excluding steroid dienone is 8. The lowest BCUT2D eigenvalue weighted by molar-refractivity contribution is -0.438. The molecule has 6 rings (SSSR count). The summed E-state index contributed by atoms with van der Waals surface area (Å²) >= 11 is 0. The summed E-state index contributed by atoms with van der Waals surface area (Å²) < 4.78 is 137. The number of fused-ring (bicyclic) bond motifs is 2. The maximum atomic E-state index is 12.3. The van der Waals surface area contributed by atoms with Crippen molar-refractivity contribution in [3.63, 3.8) is 0 Å². The minimum absolute atomic E-state index is 0.0406. The molecule has 0 bridgehead atoms. The molecule has 0 unspecified atom stereocenters. The van der Waals surface area contributed by atoms with Gasteiger partial charge >= 0.3 is 5.97 Å². The van der Waals surface area contributed by atoms with E-state index in [1.165, 1.54) is 36.4 Å². The van der Waals surface area contributed by atoms with Crippen molar-refractivity contribution in [3.8, 4) is 0 Å². The van der Waals surface area contributed by atoms with Crippen LogP contribution >= 0.6 is 0 Å². The van der Waals surface area contributed by atoms with Crippen molar-refractivity contribution in [2.24, 2.45) is 0 Å². The van der Waals surface area contributed by atoms with Crippen molar-refractivity contribution in [3.05, 3.63) is 124 Å². The van der Waals surface area contributed by atoms with Crippen molar-refractivity contribution < 1.29 is 66.4 Å². The molecule has 3 aromatic carbocycles. The average molecular weight is 1020 g/mol. The molecule has 5 N–H and O–H groups in total. The van der Waals surface area contributed by atoms with E-state index in [0.717, 1.165) is 45.8 Å². The van der Waals surface area contributed by atoms with E-state index in [0.29, 0.717) is 81.3 Å². The van der Waals surface area contributed by atoms with Crippen LogP contribution in [0.5, 0.6) is 0 Å². The van der Waals surface area contributed by atoms with Gasteiger partial charge in [-0.2, -0.15) is 38.2 Å². The van der Waals surface area contributed by atoms with Crippen LogP contribution in [0.2, 0.25) is 0 Å². The highest BCUT2D eigenvalue weighted by molar-refractivity contribution is 7.86. The Bertz CT molecular complexity index is 3090. The molecule has 2 heterocycles. The Kier molecular flexibility index (Phi) is 15.7. The fourth-order valence-corrected chi connectivity index (χ4v) is 11.6. The normalized spacial score (nSPS) is 18.6. The molecule has 0 aromatic heterocycles. The summed E-state index contributed by atoms with van der Waals surface area (Å²) in [7, 11) is -17.7. The lowest BCUT2D eigenvalue weighted by Crippen LogP contribution is -2.28. The van der Waals surface area contributed by atoms with Crippen molar-refractivity contribution in [2.75, 3.05) is 23.7 Å². The molecule has 0 spiro atoms. The molecule has 0 saturated carbocycles. The maximum absolute atomic E-state index is 12.3. The van der Waals surface area contributed by atoms with Gasteiger partial charge in [-0.1, -0.05) is 38.1 Å². The number of unbranched alkanes of at least 4 members (excludes halogenated alkanes) is 3. The standard InChI is InChI=1S/C48H58N2O14S4/c1-47(2)40-31-37(67(59,60)61)21-24-42(40)49(28-7-5-6-13-46(51)52)44(47)26-17-34-11-10-12-35(39(34)23-16-33-14-19-36(20-15-33)66(56,57)58)18-27-45-48(3,4)41-32-38(68(62,63)64)22-25-43(41)50(45)29-8-9-30-65(53,54)55/h14-15,17-22,24-27,31-32H,5-13,16,23,28-30H2,1-4H3,(H4-,51,52,53,54,55,56,57,58,59,60,61,62,63,64)/p+1. The molecule has 3 aliphatic rings. The Labute approximate surface area is 399 Å². The van der Waals surface area contributed by atoms with Gasteiger partial charge in [-0.3, -0.25) is 23.0 Å². The van der Waals surface area contributed by atoms with Crippen LogP contribution in [0.15, 0.2) is 122 Å².